The summed E-state index contributed by atoms with van der Waals surface area (Å²) in [6.45, 7) is 4.59. The Kier molecular flexibility index (Phi) is 3.72. The maximum atomic E-state index is 12.4. The van der Waals surface area contributed by atoms with Crippen LogP contribution >= 0.6 is 11.3 Å². The third-order valence-electron chi connectivity index (χ3n) is 3.15. The fourth-order valence-electron chi connectivity index (χ4n) is 2.16. The van der Waals surface area contributed by atoms with Crippen molar-refractivity contribution in [1.29, 1.82) is 0 Å². The lowest BCUT2D eigenvalue weighted by atomic mass is 10.2. The van der Waals surface area contributed by atoms with Crippen LogP contribution in [0.25, 0.3) is 0 Å². The van der Waals surface area contributed by atoms with E-state index in [1.165, 1.54) is 11.3 Å². The van der Waals surface area contributed by atoms with Crippen LogP contribution < -0.4 is 11.1 Å². The Balaban J connectivity index is 2.17. The maximum Gasteiger partial charge on any atom is 0.268 e. The molecule has 1 amide bonds. The largest absolute Gasteiger partial charge is 0.382 e. The molecular weight excluding hydrogens is 250 g/mol. The Morgan fingerprint density at radius 3 is 2.83 bits per heavy atom. The lowest BCUT2D eigenvalue weighted by molar-refractivity contribution is 0.0539. The molecule has 1 aliphatic heterocycles. The van der Waals surface area contributed by atoms with Crippen molar-refractivity contribution in [3.8, 4) is 0 Å². The van der Waals surface area contributed by atoms with Crippen LogP contribution in [0.4, 0.5) is 10.9 Å². The lowest BCUT2D eigenvalue weighted by Crippen LogP contribution is -2.52. The molecule has 0 aromatic carbocycles. The van der Waals surface area contributed by atoms with Crippen molar-refractivity contribution in [2.45, 2.75) is 13.0 Å². The van der Waals surface area contributed by atoms with Gasteiger partial charge < -0.3 is 20.9 Å². The second kappa shape index (κ2) is 5.11. The van der Waals surface area contributed by atoms with E-state index in [0.717, 1.165) is 19.6 Å². The fraction of sp³-hybridized carbons (Fsp3) is 0.636. The molecule has 2 rings (SSSR count). The zero-order chi connectivity index (χ0) is 13.3. The van der Waals surface area contributed by atoms with E-state index >= 15 is 0 Å². The first-order chi connectivity index (χ1) is 8.52. The third kappa shape index (κ3) is 2.41. The van der Waals surface area contributed by atoms with Gasteiger partial charge in [0.25, 0.3) is 5.91 Å². The molecular formula is C11H19N5OS. The minimum absolute atomic E-state index is 0.00731. The standard InChI is InChI=1S/C11H19N5OS/c1-7-6-15(3)4-5-16(7)10(17)8-9(12)14-11(13-2)18-8/h7H,4-6,12H2,1-3H3,(H,13,14). The molecule has 0 radical (unpaired) electrons. The topological polar surface area (TPSA) is 74.5 Å². The van der Waals surface area contributed by atoms with Gasteiger partial charge >= 0.3 is 0 Å². The van der Waals surface area contributed by atoms with E-state index < -0.39 is 0 Å². The van der Waals surface area contributed by atoms with Gasteiger partial charge in [-0.05, 0) is 14.0 Å². The number of thiazole rings is 1. The first kappa shape index (κ1) is 13.1. The van der Waals surface area contributed by atoms with Crippen LogP contribution in [-0.2, 0) is 0 Å². The first-order valence-electron chi connectivity index (χ1n) is 5.96. The molecule has 1 aromatic rings. The Morgan fingerprint density at radius 1 is 1.56 bits per heavy atom. The Morgan fingerprint density at radius 2 is 2.28 bits per heavy atom. The third-order valence-corrected chi connectivity index (χ3v) is 4.23. The summed E-state index contributed by atoms with van der Waals surface area (Å²) in [7, 11) is 3.84. The summed E-state index contributed by atoms with van der Waals surface area (Å²) in [5.74, 6) is 0.313. The number of hydrogen-bond donors (Lipinski definition) is 2. The number of amides is 1. The minimum atomic E-state index is -0.00731. The van der Waals surface area contributed by atoms with E-state index in [4.69, 9.17) is 5.73 Å². The van der Waals surface area contributed by atoms with Gasteiger partial charge in [-0.2, -0.15) is 0 Å². The summed E-state index contributed by atoms with van der Waals surface area (Å²) in [4.78, 5) is 21.2. The van der Waals surface area contributed by atoms with E-state index in [9.17, 15) is 4.79 Å². The van der Waals surface area contributed by atoms with Crippen LogP contribution in [0.3, 0.4) is 0 Å². The molecule has 100 valence electrons. The Hall–Kier alpha value is -1.34. The molecule has 1 unspecified atom stereocenters. The maximum absolute atomic E-state index is 12.4. The van der Waals surface area contributed by atoms with Gasteiger partial charge in [0.2, 0.25) is 0 Å². The molecule has 2 heterocycles. The minimum Gasteiger partial charge on any atom is -0.382 e. The number of piperazine rings is 1. The van der Waals surface area contributed by atoms with Crippen LogP contribution in [0.2, 0.25) is 0 Å². The molecule has 1 fully saturated rings. The number of nitrogen functional groups attached to an aromatic ring is 1. The summed E-state index contributed by atoms with van der Waals surface area (Å²) in [5.41, 5.74) is 5.80. The molecule has 1 saturated heterocycles. The first-order valence-corrected chi connectivity index (χ1v) is 6.78. The zero-order valence-electron chi connectivity index (χ0n) is 10.9. The molecule has 1 atom stereocenters. The second-order valence-electron chi connectivity index (χ2n) is 4.59. The summed E-state index contributed by atoms with van der Waals surface area (Å²) in [5, 5.41) is 3.59. The second-order valence-corrected chi connectivity index (χ2v) is 5.59. The average Bonchev–Trinajstić information content (AvgIpc) is 2.70. The highest BCUT2D eigenvalue weighted by Crippen LogP contribution is 2.27. The molecule has 7 heteroatoms. The molecule has 6 nitrogen and oxygen atoms in total. The van der Waals surface area contributed by atoms with Crippen LogP contribution in [0.5, 0.6) is 0 Å². The number of likely N-dealkylation sites (N-methyl/N-ethyl adjacent to an activating group) is 1. The number of carbonyl (C=O) groups excluding carboxylic acids is 1. The molecule has 0 spiro atoms. The van der Waals surface area contributed by atoms with Gasteiger partial charge in [-0.15, -0.1) is 0 Å². The summed E-state index contributed by atoms with van der Waals surface area (Å²) in [6, 6.07) is 0.204. The number of carbonyl (C=O) groups is 1. The highest BCUT2D eigenvalue weighted by molar-refractivity contribution is 7.18. The van der Waals surface area contributed by atoms with Crippen molar-refractivity contribution in [3.05, 3.63) is 4.88 Å². The number of nitrogens with one attached hydrogen (secondary N) is 1. The van der Waals surface area contributed by atoms with Gasteiger partial charge in [0.05, 0.1) is 0 Å². The number of rotatable bonds is 2. The quantitative estimate of drug-likeness (QED) is 0.820. The van der Waals surface area contributed by atoms with Crippen LogP contribution in [0, 0.1) is 0 Å². The molecule has 0 saturated carbocycles. The van der Waals surface area contributed by atoms with Gasteiger partial charge in [-0.25, -0.2) is 4.98 Å². The predicted molar refractivity (Wildman–Crippen MR) is 74.1 cm³/mol. The molecule has 1 aliphatic rings. The van der Waals surface area contributed by atoms with E-state index in [1.54, 1.807) is 7.05 Å². The van der Waals surface area contributed by atoms with Gasteiger partial charge in [0.1, 0.15) is 10.7 Å². The lowest BCUT2D eigenvalue weighted by Gasteiger charge is -2.37. The summed E-state index contributed by atoms with van der Waals surface area (Å²) in [6.07, 6.45) is 0. The van der Waals surface area contributed by atoms with Crippen LogP contribution in [0.15, 0.2) is 0 Å². The summed E-state index contributed by atoms with van der Waals surface area (Å²) < 4.78 is 0. The molecule has 3 N–H and O–H groups in total. The average molecular weight is 269 g/mol. The highest BCUT2D eigenvalue weighted by Gasteiger charge is 2.29. The smallest absolute Gasteiger partial charge is 0.268 e. The Labute approximate surface area is 111 Å². The molecule has 0 bridgehead atoms. The van der Waals surface area contributed by atoms with Gasteiger partial charge in [0, 0.05) is 32.7 Å². The molecule has 1 aromatic heterocycles. The number of hydrogen-bond acceptors (Lipinski definition) is 6. The SMILES string of the molecule is CNc1nc(N)c(C(=O)N2CCN(C)CC2C)s1. The van der Waals surface area contributed by atoms with E-state index in [2.05, 4.69) is 29.2 Å². The number of anilines is 2. The summed E-state index contributed by atoms with van der Waals surface area (Å²) >= 11 is 1.31. The van der Waals surface area contributed by atoms with Crippen molar-refractivity contribution < 1.29 is 4.79 Å². The van der Waals surface area contributed by atoms with Crippen LogP contribution in [-0.4, -0.2) is 60.5 Å². The highest BCUT2D eigenvalue weighted by atomic mass is 32.1. The fourth-order valence-corrected chi connectivity index (χ4v) is 2.96. The van der Waals surface area contributed by atoms with Crippen molar-refractivity contribution in [2.24, 2.45) is 0 Å². The van der Waals surface area contributed by atoms with Gasteiger partial charge in [-0.3, -0.25) is 4.79 Å². The van der Waals surface area contributed by atoms with Crippen molar-refractivity contribution in [2.75, 3.05) is 44.8 Å². The van der Waals surface area contributed by atoms with Crippen molar-refractivity contribution in [1.82, 2.24) is 14.8 Å². The number of nitrogens with zero attached hydrogens (tertiary/aromatic N) is 3. The van der Waals surface area contributed by atoms with Gasteiger partial charge in [-0.1, -0.05) is 11.3 Å². The molecule has 0 aliphatic carbocycles. The van der Waals surface area contributed by atoms with Gasteiger partial charge in [0.15, 0.2) is 5.13 Å². The zero-order valence-corrected chi connectivity index (χ0v) is 11.8. The normalized spacial score (nSPS) is 21.1. The van der Waals surface area contributed by atoms with Crippen LogP contribution in [0.1, 0.15) is 16.6 Å². The predicted octanol–water partition coefficient (Wildman–Crippen LogP) is 0.543. The number of aromatic nitrogens is 1. The van der Waals surface area contributed by atoms with Crippen molar-refractivity contribution >= 4 is 28.2 Å². The van der Waals surface area contributed by atoms with E-state index in [0.29, 0.717) is 15.8 Å². The van der Waals surface area contributed by atoms with E-state index in [-0.39, 0.29) is 11.9 Å². The van der Waals surface area contributed by atoms with E-state index in [1.807, 2.05) is 4.90 Å². The molecule has 18 heavy (non-hydrogen) atoms. The number of nitrogens with two attached hydrogens (primary N) is 1. The monoisotopic (exact) mass is 269 g/mol. The Bertz CT molecular complexity index is 447. The van der Waals surface area contributed by atoms with Crippen molar-refractivity contribution in [3.63, 3.8) is 0 Å².